The van der Waals surface area contributed by atoms with Crippen LogP contribution in [-0.4, -0.2) is 60.9 Å². The number of rotatable bonds is 4. The lowest BCUT2D eigenvalue weighted by molar-refractivity contribution is -0.131. The predicted molar refractivity (Wildman–Crippen MR) is 112 cm³/mol. The maximum absolute atomic E-state index is 12.9. The van der Waals surface area contributed by atoms with Crippen molar-refractivity contribution >= 4 is 39.4 Å². The number of ether oxygens (including phenoxy) is 1. The second kappa shape index (κ2) is 7.75. The van der Waals surface area contributed by atoms with Gasteiger partial charge in [0.05, 0.1) is 18.8 Å². The Labute approximate surface area is 169 Å². The molecule has 1 aliphatic rings. The van der Waals surface area contributed by atoms with Crippen LogP contribution < -0.4 is 10.1 Å². The first-order valence-electron chi connectivity index (χ1n) is 9.77. The number of amides is 2. The van der Waals surface area contributed by atoms with Crippen LogP contribution >= 0.6 is 0 Å². The number of hydrogen-bond donors (Lipinski definition) is 1. The monoisotopic (exact) mass is 395 g/mol. The van der Waals surface area contributed by atoms with Gasteiger partial charge in [-0.2, -0.15) is 0 Å². The standard InChI is InChI=1S/C22H25N3O4/c1-14(24-8-10-25(11-9-24)15(2)26)22(27)23-18-13-20-17(12-21(18)28-3)16-6-4-5-7-19(16)29-20/h4-7,12-14H,8-11H2,1-3H3,(H,23,27)/t14-/m1/s1. The number of piperazine rings is 1. The molecule has 0 bridgehead atoms. The third kappa shape index (κ3) is 3.65. The van der Waals surface area contributed by atoms with Crippen LogP contribution in [0.25, 0.3) is 21.9 Å². The van der Waals surface area contributed by atoms with Gasteiger partial charge in [0.2, 0.25) is 11.8 Å². The number of benzene rings is 2. The van der Waals surface area contributed by atoms with Gasteiger partial charge in [-0.3, -0.25) is 14.5 Å². The molecule has 29 heavy (non-hydrogen) atoms. The molecular formula is C22H25N3O4. The lowest BCUT2D eigenvalue weighted by Crippen LogP contribution is -2.53. The number of hydrogen-bond acceptors (Lipinski definition) is 5. The van der Waals surface area contributed by atoms with E-state index in [1.165, 1.54) is 0 Å². The Balaban J connectivity index is 1.54. The van der Waals surface area contributed by atoms with Crippen molar-refractivity contribution in [1.29, 1.82) is 0 Å². The van der Waals surface area contributed by atoms with E-state index in [9.17, 15) is 9.59 Å². The maximum atomic E-state index is 12.9. The normalized spacial score (nSPS) is 16.2. The van der Waals surface area contributed by atoms with Crippen LogP contribution in [0.3, 0.4) is 0 Å². The molecule has 2 aromatic carbocycles. The van der Waals surface area contributed by atoms with Crippen LogP contribution in [0, 0.1) is 0 Å². The van der Waals surface area contributed by atoms with E-state index >= 15 is 0 Å². The van der Waals surface area contributed by atoms with Crippen molar-refractivity contribution in [2.24, 2.45) is 0 Å². The minimum absolute atomic E-state index is 0.0747. The van der Waals surface area contributed by atoms with Crippen LogP contribution in [0.2, 0.25) is 0 Å². The Kier molecular flexibility index (Phi) is 5.15. The van der Waals surface area contributed by atoms with Crippen molar-refractivity contribution in [3.05, 3.63) is 36.4 Å². The first-order valence-corrected chi connectivity index (χ1v) is 9.77. The minimum atomic E-state index is -0.319. The van der Waals surface area contributed by atoms with E-state index in [0.29, 0.717) is 43.2 Å². The van der Waals surface area contributed by atoms with E-state index in [2.05, 4.69) is 10.2 Å². The fraction of sp³-hybridized carbons (Fsp3) is 0.364. The summed E-state index contributed by atoms with van der Waals surface area (Å²) >= 11 is 0. The molecule has 7 nitrogen and oxygen atoms in total. The summed E-state index contributed by atoms with van der Waals surface area (Å²) in [5.41, 5.74) is 2.08. The number of methoxy groups -OCH3 is 1. The number of carbonyl (C=O) groups excluding carboxylic acids is 2. The van der Waals surface area contributed by atoms with E-state index in [4.69, 9.17) is 9.15 Å². The molecule has 0 spiro atoms. The molecule has 4 rings (SSSR count). The van der Waals surface area contributed by atoms with Gasteiger partial charge in [0.25, 0.3) is 0 Å². The molecular weight excluding hydrogens is 370 g/mol. The largest absolute Gasteiger partial charge is 0.495 e. The van der Waals surface area contributed by atoms with Gasteiger partial charge in [-0.15, -0.1) is 0 Å². The number of carbonyl (C=O) groups is 2. The zero-order valence-corrected chi connectivity index (χ0v) is 16.9. The maximum Gasteiger partial charge on any atom is 0.241 e. The average Bonchev–Trinajstić information content (AvgIpc) is 3.09. The Morgan fingerprint density at radius 3 is 2.48 bits per heavy atom. The van der Waals surface area contributed by atoms with E-state index in [1.807, 2.05) is 43.3 Å². The van der Waals surface area contributed by atoms with Crippen LogP contribution in [0.1, 0.15) is 13.8 Å². The number of anilines is 1. The number of nitrogens with zero attached hydrogens (tertiary/aromatic N) is 2. The Hall–Kier alpha value is -3.06. The van der Waals surface area contributed by atoms with Crippen LogP contribution in [0.5, 0.6) is 5.75 Å². The molecule has 1 atom stereocenters. The minimum Gasteiger partial charge on any atom is -0.495 e. The summed E-state index contributed by atoms with van der Waals surface area (Å²) in [7, 11) is 1.59. The van der Waals surface area contributed by atoms with Crippen molar-refractivity contribution in [2.75, 3.05) is 38.6 Å². The molecule has 0 aliphatic carbocycles. The highest BCUT2D eigenvalue weighted by atomic mass is 16.5. The summed E-state index contributed by atoms with van der Waals surface area (Å²) in [6, 6.07) is 11.2. The third-order valence-corrected chi connectivity index (χ3v) is 5.64. The predicted octanol–water partition coefficient (Wildman–Crippen LogP) is 3.09. The zero-order chi connectivity index (χ0) is 20.5. The fourth-order valence-corrected chi connectivity index (χ4v) is 3.85. The summed E-state index contributed by atoms with van der Waals surface area (Å²) in [4.78, 5) is 28.3. The number of para-hydroxylation sites is 1. The summed E-state index contributed by atoms with van der Waals surface area (Å²) in [5.74, 6) is 0.548. The quantitative estimate of drug-likeness (QED) is 0.735. The van der Waals surface area contributed by atoms with Gasteiger partial charge < -0.3 is 19.4 Å². The smallest absolute Gasteiger partial charge is 0.241 e. The molecule has 2 amide bonds. The Morgan fingerprint density at radius 2 is 1.79 bits per heavy atom. The van der Waals surface area contributed by atoms with Crippen molar-refractivity contribution in [3.8, 4) is 5.75 Å². The highest BCUT2D eigenvalue weighted by molar-refractivity contribution is 6.08. The Morgan fingerprint density at radius 1 is 1.07 bits per heavy atom. The number of nitrogens with one attached hydrogen (secondary N) is 1. The van der Waals surface area contributed by atoms with E-state index < -0.39 is 0 Å². The highest BCUT2D eigenvalue weighted by Gasteiger charge is 2.27. The fourth-order valence-electron chi connectivity index (χ4n) is 3.85. The van der Waals surface area contributed by atoms with Crippen molar-refractivity contribution in [3.63, 3.8) is 0 Å². The van der Waals surface area contributed by atoms with Crippen LogP contribution in [0.4, 0.5) is 5.69 Å². The summed E-state index contributed by atoms with van der Waals surface area (Å²) in [6.07, 6.45) is 0. The topological polar surface area (TPSA) is 75.0 Å². The van der Waals surface area contributed by atoms with Crippen LogP contribution in [0.15, 0.2) is 40.8 Å². The van der Waals surface area contributed by atoms with E-state index in [0.717, 1.165) is 16.4 Å². The number of fused-ring (bicyclic) bond motifs is 3. The molecule has 1 saturated heterocycles. The first kappa shape index (κ1) is 19.3. The van der Waals surface area contributed by atoms with E-state index in [-0.39, 0.29) is 17.9 Å². The zero-order valence-electron chi connectivity index (χ0n) is 16.9. The van der Waals surface area contributed by atoms with Gasteiger partial charge in [0.1, 0.15) is 16.9 Å². The Bertz CT molecular complexity index is 1070. The average molecular weight is 395 g/mol. The van der Waals surface area contributed by atoms with Crippen molar-refractivity contribution < 1.29 is 18.7 Å². The molecule has 0 saturated carbocycles. The molecule has 0 radical (unpaired) electrons. The molecule has 3 aromatic rings. The summed E-state index contributed by atoms with van der Waals surface area (Å²) in [5, 5.41) is 4.94. The van der Waals surface area contributed by atoms with E-state index in [1.54, 1.807) is 18.9 Å². The van der Waals surface area contributed by atoms with Gasteiger partial charge in [-0.05, 0) is 19.1 Å². The summed E-state index contributed by atoms with van der Waals surface area (Å²) in [6.45, 7) is 6.08. The second-order valence-corrected chi connectivity index (χ2v) is 7.35. The van der Waals surface area contributed by atoms with Crippen molar-refractivity contribution in [1.82, 2.24) is 9.80 Å². The second-order valence-electron chi connectivity index (χ2n) is 7.35. The number of furan rings is 1. The molecule has 1 aliphatic heterocycles. The van der Waals surface area contributed by atoms with Gasteiger partial charge in [0.15, 0.2) is 0 Å². The third-order valence-electron chi connectivity index (χ3n) is 5.64. The van der Waals surface area contributed by atoms with Gasteiger partial charge in [0, 0.05) is 49.9 Å². The van der Waals surface area contributed by atoms with Crippen molar-refractivity contribution in [2.45, 2.75) is 19.9 Å². The van der Waals surface area contributed by atoms with Crippen LogP contribution in [-0.2, 0) is 9.59 Å². The summed E-state index contributed by atoms with van der Waals surface area (Å²) < 4.78 is 11.5. The molecule has 152 valence electrons. The molecule has 2 heterocycles. The highest BCUT2D eigenvalue weighted by Crippen LogP contribution is 2.36. The first-order chi connectivity index (χ1) is 14.0. The molecule has 1 fully saturated rings. The lowest BCUT2D eigenvalue weighted by atomic mass is 10.1. The van der Waals surface area contributed by atoms with Gasteiger partial charge >= 0.3 is 0 Å². The molecule has 7 heteroatoms. The molecule has 1 aromatic heterocycles. The molecule has 0 unspecified atom stereocenters. The van der Waals surface area contributed by atoms with Gasteiger partial charge in [-0.25, -0.2) is 0 Å². The van der Waals surface area contributed by atoms with Gasteiger partial charge in [-0.1, -0.05) is 18.2 Å². The lowest BCUT2D eigenvalue weighted by Gasteiger charge is -2.37. The SMILES string of the molecule is COc1cc2c(cc1NC(=O)[C@@H](C)N1CCN(C(C)=O)CC1)oc1ccccc12. The molecule has 1 N–H and O–H groups in total.